The lowest BCUT2D eigenvalue weighted by Crippen LogP contribution is -2.21. The molecule has 0 bridgehead atoms. The molecule has 4 aromatic rings. The summed E-state index contributed by atoms with van der Waals surface area (Å²) in [4.78, 5) is 12.6. The number of thioether (sulfide) groups is 1. The van der Waals surface area contributed by atoms with Crippen molar-refractivity contribution in [1.29, 1.82) is 0 Å². The maximum Gasteiger partial charge on any atom is 0.250 e. The monoisotopic (exact) mass is 565 g/mol. The van der Waals surface area contributed by atoms with Gasteiger partial charge >= 0.3 is 0 Å². The average Bonchev–Trinajstić information content (AvgIpc) is 3.30. The van der Waals surface area contributed by atoms with Crippen molar-refractivity contribution in [3.05, 3.63) is 93.5 Å². The highest BCUT2D eigenvalue weighted by atomic mass is 35.5. The predicted octanol–water partition coefficient (Wildman–Crippen LogP) is 7.48. The summed E-state index contributed by atoms with van der Waals surface area (Å²) in [5, 5.41) is 14.7. The first kappa shape index (κ1) is 27.9. The van der Waals surface area contributed by atoms with E-state index in [-0.39, 0.29) is 17.1 Å². The van der Waals surface area contributed by atoms with E-state index in [1.807, 2.05) is 35.8 Å². The highest BCUT2D eigenvalue weighted by Crippen LogP contribution is 2.30. The van der Waals surface area contributed by atoms with Gasteiger partial charge in [-0.05, 0) is 49.1 Å². The van der Waals surface area contributed by atoms with Crippen LogP contribution in [0.5, 0.6) is 0 Å². The minimum absolute atomic E-state index is 0.0528. The number of aromatic nitrogens is 3. The third-order valence-corrected chi connectivity index (χ3v) is 7.41. The molecule has 1 aromatic heterocycles. The lowest BCUT2D eigenvalue weighted by Gasteiger charge is -2.19. The first-order valence-electron chi connectivity index (χ1n) is 12.1. The second-order valence-corrected chi connectivity index (χ2v) is 11.7. The van der Waals surface area contributed by atoms with Crippen LogP contribution in [0.2, 0.25) is 10.0 Å². The number of nitrogens with one attached hydrogen (secondary N) is 1. The SMILES string of the molecule is CC(=NNC(=O)CSc1nnc(-c2ccc(C(C)(C)C)cc2)n1-c1ccc(C)cc1)c1ccc(Cl)cc1Cl. The van der Waals surface area contributed by atoms with Crippen LogP contribution in [0.25, 0.3) is 17.1 Å². The zero-order chi connectivity index (χ0) is 27.4. The molecule has 0 radical (unpaired) electrons. The molecule has 0 atom stereocenters. The second-order valence-electron chi connectivity index (χ2n) is 9.95. The number of hydrazone groups is 1. The Morgan fingerprint density at radius 2 is 1.68 bits per heavy atom. The standard InChI is InChI=1S/C29H29Cl2N5OS/c1-18-6-13-23(14-7-18)36-27(20-8-10-21(11-9-20)29(3,4)5)34-35-28(36)38-17-26(37)33-32-19(2)24-15-12-22(30)16-25(24)31/h6-16H,17H2,1-5H3,(H,33,37). The zero-order valence-electron chi connectivity index (χ0n) is 21.9. The molecular formula is C29H29Cl2N5OS. The van der Waals surface area contributed by atoms with Gasteiger partial charge < -0.3 is 0 Å². The summed E-state index contributed by atoms with van der Waals surface area (Å²) in [7, 11) is 0. The summed E-state index contributed by atoms with van der Waals surface area (Å²) < 4.78 is 1.98. The van der Waals surface area contributed by atoms with Crippen LogP contribution in [0.15, 0.2) is 77.0 Å². The van der Waals surface area contributed by atoms with Crippen LogP contribution in [-0.2, 0) is 10.2 Å². The van der Waals surface area contributed by atoms with E-state index < -0.39 is 0 Å². The Balaban J connectivity index is 1.55. The van der Waals surface area contributed by atoms with E-state index in [0.717, 1.165) is 16.8 Å². The Morgan fingerprint density at radius 3 is 2.32 bits per heavy atom. The molecule has 9 heteroatoms. The largest absolute Gasteiger partial charge is 0.272 e. The molecule has 6 nitrogen and oxygen atoms in total. The molecule has 0 unspecified atom stereocenters. The van der Waals surface area contributed by atoms with Gasteiger partial charge in [-0.3, -0.25) is 9.36 Å². The van der Waals surface area contributed by atoms with Gasteiger partial charge in [0, 0.05) is 21.8 Å². The van der Waals surface area contributed by atoms with E-state index in [1.165, 1.54) is 17.3 Å². The van der Waals surface area contributed by atoms with Crippen LogP contribution in [0.1, 0.15) is 44.4 Å². The minimum Gasteiger partial charge on any atom is -0.272 e. The molecule has 38 heavy (non-hydrogen) atoms. The van der Waals surface area contributed by atoms with Gasteiger partial charge in [0.15, 0.2) is 11.0 Å². The van der Waals surface area contributed by atoms with Gasteiger partial charge in [-0.15, -0.1) is 10.2 Å². The van der Waals surface area contributed by atoms with E-state index in [1.54, 1.807) is 25.1 Å². The Hall–Kier alpha value is -3.13. The Bertz CT molecular complexity index is 1470. The number of aryl methyl sites for hydroxylation is 1. The van der Waals surface area contributed by atoms with Crippen molar-refractivity contribution in [2.24, 2.45) is 5.10 Å². The normalized spacial score (nSPS) is 12.0. The molecule has 4 rings (SSSR count). The van der Waals surface area contributed by atoms with Gasteiger partial charge in [0.2, 0.25) is 0 Å². The fraction of sp³-hybridized carbons (Fsp3) is 0.241. The van der Waals surface area contributed by atoms with Crippen molar-refractivity contribution in [3.63, 3.8) is 0 Å². The van der Waals surface area contributed by atoms with E-state index in [0.29, 0.717) is 32.3 Å². The van der Waals surface area contributed by atoms with Gasteiger partial charge in [-0.1, -0.05) is 104 Å². The van der Waals surface area contributed by atoms with Crippen LogP contribution in [0, 0.1) is 6.92 Å². The Labute approximate surface area is 237 Å². The van der Waals surface area contributed by atoms with Crippen LogP contribution in [-0.4, -0.2) is 32.1 Å². The van der Waals surface area contributed by atoms with Gasteiger partial charge in [0.1, 0.15) is 0 Å². The molecule has 3 aromatic carbocycles. The Kier molecular flexibility index (Phi) is 8.61. The summed E-state index contributed by atoms with van der Waals surface area (Å²) >= 11 is 13.5. The molecule has 0 aliphatic heterocycles. The summed E-state index contributed by atoms with van der Waals surface area (Å²) in [6.45, 7) is 10.4. The van der Waals surface area contributed by atoms with Crippen molar-refractivity contribution < 1.29 is 4.79 Å². The molecule has 0 saturated carbocycles. The average molecular weight is 567 g/mol. The Morgan fingerprint density at radius 1 is 1.00 bits per heavy atom. The molecule has 0 aliphatic rings. The van der Waals surface area contributed by atoms with Gasteiger partial charge in [-0.25, -0.2) is 5.43 Å². The summed E-state index contributed by atoms with van der Waals surface area (Å²) in [6, 6.07) is 21.7. The number of hydrogen-bond acceptors (Lipinski definition) is 5. The topological polar surface area (TPSA) is 72.2 Å². The quantitative estimate of drug-likeness (QED) is 0.143. The predicted molar refractivity (Wildman–Crippen MR) is 158 cm³/mol. The lowest BCUT2D eigenvalue weighted by atomic mass is 9.87. The van der Waals surface area contributed by atoms with Gasteiger partial charge in [0.25, 0.3) is 5.91 Å². The number of rotatable bonds is 7. The molecule has 0 saturated heterocycles. The smallest absolute Gasteiger partial charge is 0.250 e. The lowest BCUT2D eigenvalue weighted by molar-refractivity contribution is -0.118. The summed E-state index contributed by atoms with van der Waals surface area (Å²) in [5.41, 5.74) is 8.19. The molecule has 0 fully saturated rings. The van der Waals surface area contributed by atoms with Crippen molar-refractivity contribution in [2.75, 3.05) is 5.75 Å². The third kappa shape index (κ3) is 6.65. The fourth-order valence-electron chi connectivity index (χ4n) is 3.75. The zero-order valence-corrected chi connectivity index (χ0v) is 24.2. The maximum absolute atomic E-state index is 12.6. The molecule has 0 aliphatic carbocycles. The van der Waals surface area contributed by atoms with Crippen LogP contribution < -0.4 is 5.43 Å². The van der Waals surface area contributed by atoms with E-state index >= 15 is 0 Å². The molecular weight excluding hydrogens is 537 g/mol. The van der Waals surface area contributed by atoms with Crippen molar-refractivity contribution in [1.82, 2.24) is 20.2 Å². The van der Waals surface area contributed by atoms with Crippen molar-refractivity contribution in [2.45, 2.75) is 45.2 Å². The summed E-state index contributed by atoms with van der Waals surface area (Å²) in [5.74, 6) is 0.551. The number of hydrogen-bond donors (Lipinski definition) is 1. The second kappa shape index (κ2) is 11.7. The van der Waals surface area contributed by atoms with E-state index in [4.69, 9.17) is 23.2 Å². The number of carbonyl (C=O) groups is 1. The fourth-order valence-corrected chi connectivity index (χ4v) is 5.04. The van der Waals surface area contributed by atoms with Crippen molar-refractivity contribution >= 4 is 46.6 Å². The summed E-state index contributed by atoms with van der Waals surface area (Å²) in [6.07, 6.45) is 0. The molecule has 0 spiro atoms. The molecule has 1 heterocycles. The van der Waals surface area contributed by atoms with E-state index in [2.05, 4.69) is 65.8 Å². The van der Waals surface area contributed by atoms with Crippen molar-refractivity contribution in [3.8, 4) is 17.1 Å². The number of carbonyl (C=O) groups excluding carboxylic acids is 1. The molecule has 1 N–H and O–H groups in total. The van der Waals surface area contributed by atoms with E-state index in [9.17, 15) is 4.79 Å². The van der Waals surface area contributed by atoms with Crippen LogP contribution in [0.4, 0.5) is 0 Å². The van der Waals surface area contributed by atoms with Crippen LogP contribution >= 0.6 is 35.0 Å². The van der Waals surface area contributed by atoms with Crippen LogP contribution in [0.3, 0.4) is 0 Å². The highest BCUT2D eigenvalue weighted by Gasteiger charge is 2.19. The minimum atomic E-state index is -0.269. The number of halogens is 2. The number of benzene rings is 3. The molecule has 196 valence electrons. The number of nitrogens with zero attached hydrogens (tertiary/aromatic N) is 4. The third-order valence-electron chi connectivity index (χ3n) is 5.94. The first-order valence-corrected chi connectivity index (χ1v) is 13.8. The number of amides is 1. The first-order chi connectivity index (χ1) is 18.0. The highest BCUT2D eigenvalue weighted by molar-refractivity contribution is 7.99. The maximum atomic E-state index is 12.6. The van der Waals surface area contributed by atoms with Gasteiger partial charge in [0.05, 0.1) is 16.5 Å². The van der Waals surface area contributed by atoms with Gasteiger partial charge in [-0.2, -0.15) is 5.10 Å². The molecule has 1 amide bonds.